The van der Waals surface area contributed by atoms with Crippen LogP contribution < -0.4 is 0 Å². The van der Waals surface area contributed by atoms with Crippen LogP contribution in [0.4, 0.5) is 0 Å². The molecule has 0 aliphatic carbocycles. The van der Waals surface area contributed by atoms with Crippen LogP contribution in [0.1, 0.15) is 51.7 Å². The average molecular weight is 439 g/mol. The third-order valence-electron chi connectivity index (χ3n) is 6.24. The summed E-state index contributed by atoms with van der Waals surface area (Å²) in [5.74, 6) is -0.618. The highest BCUT2D eigenvalue weighted by atomic mass is 16.7. The first-order chi connectivity index (χ1) is 15.5. The van der Waals surface area contributed by atoms with Gasteiger partial charge in [0.25, 0.3) is 11.8 Å². The van der Waals surface area contributed by atoms with E-state index in [2.05, 4.69) is 0 Å². The summed E-state index contributed by atoms with van der Waals surface area (Å²) in [6.45, 7) is 8.40. The lowest BCUT2D eigenvalue weighted by Crippen LogP contribution is -2.67. The Hall–Kier alpha value is -2.70. The highest BCUT2D eigenvalue weighted by Gasteiger charge is 2.51. The lowest BCUT2D eigenvalue weighted by molar-refractivity contribution is -0.269. The van der Waals surface area contributed by atoms with E-state index in [-0.39, 0.29) is 36.9 Å². The van der Waals surface area contributed by atoms with E-state index in [0.29, 0.717) is 0 Å². The fourth-order valence-corrected chi connectivity index (χ4v) is 3.86. The Morgan fingerprint density at radius 3 is 1.34 bits per heavy atom. The van der Waals surface area contributed by atoms with Gasteiger partial charge in [-0.25, -0.2) is 10.1 Å². The van der Waals surface area contributed by atoms with Crippen molar-refractivity contribution in [2.24, 2.45) is 11.8 Å². The minimum absolute atomic E-state index is 0.0806. The summed E-state index contributed by atoms with van der Waals surface area (Å²) < 4.78 is 0. The topological polar surface area (TPSA) is 59.1 Å². The van der Waals surface area contributed by atoms with Crippen molar-refractivity contribution < 1.29 is 19.3 Å². The van der Waals surface area contributed by atoms with Crippen LogP contribution in [0.5, 0.6) is 0 Å². The van der Waals surface area contributed by atoms with Crippen LogP contribution in [0.15, 0.2) is 60.7 Å². The van der Waals surface area contributed by atoms with Crippen LogP contribution in [0.25, 0.3) is 0 Å². The normalized spacial score (nSPS) is 21.0. The summed E-state index contributed by atoms with van der Waals surface area (Å²) in [7, 11) is 0. The Morgan fingerprint density at radius 2 is 1.03 bits per heavy atom. The molecule has 0 aromatic heterocycles. The number of amides is 2. The van der Waals surface area contributed by atoms with Crippen LogP contribution in [0, 0.1) is 11.8 Å². The first kappa shape index (κ1) is 24.0. The molecule has 6 nitrogen and oxygen atoms in total. The van der Waals surface area contributed by atoms with Crippen molar-refractivity contribution in [3.05, 3.63) is 71.8 Å². The number of carbonyl (C=O) groups excluding carboxylic acids is 2. The van der Waals surface area contributed by atoms with Crippen molar-refractivity contribution in [2.75, 3.05) is 0 Å². The first-order valence-electron chi connectivity index (χ1n) is 11.5. The number of nitrogens with zero attached hydrogens (tertiary/aromatic N) is 2. The Kier molecular flexibility index (Phi) is 8.42. The molecule has 0 N–H and O–H groups in total. The van der Waals surface area contributed by atoms with Gasteiger partial charge in [0.15, 0.2) is 0 Å². The van der Waals surface area contributed by atoms with E-state index >= 15 is 0 Å². The predicted octanol–water partition coefficient (Wildman–Crippen LogP) is 4.75. The van der Waals surface area contributed by atoms with Crippen molar-refractivity contribution in [2.45, 2.75) is 65.8 Å². The van der Waals surface area contributed by atoms with Gasteiger partial charge in [-0.3, -0.25) is 19.3 Å². The number of hydrogen-bond donors (Lipinski definition) is 0. The molecule has 1 aliphatic heterocycles. The fraction of sp³-hybridized carbons (Fsp3) is 0.462. The second-order valence-corrected chi connectivity index (χ2v) is 8.51. The molecule has 32 heavy (non-hydrogen) atoms. The molecule has 2 amide bonds. The van der Waals surface area contributed by atoms with Gasteiger partial charge in [-0.15, -0.1) is 0 Å². The SMILES string of the molecule is CC[C@H](C)C1C(=O)N(OCc2ccccc2)C([C@@H](C)CC)C(=O)N1OCc1ccccc1. The molecule has 1 aliphatic rings. The van der Waals surface area contributed by atoms with Crippen molar-refractivity contribution >= 4 is 11.8 Å². The Morgan fingerprint density at radius 1 is 0.688 bits per heavy atom. The summed E-state index contributed by atoms with van der Waals surface area (Å²) >= 11 is 0. The van der Waals surface area contributed by atoms with E-state index in [0.717, 1.165) is 24.0 Å². The summed E-state index contributed by atoms with van der Waals surface area (Å²) in [6.07, 6.45) is 1.46. The Bertz CT molecular complexity index is 800. The molecule has 1 fully saturated rings. The first-order valence-corrected chi connectivity index (χ1v) is 11.5. The molecule has 4 atom stereocenters. The molecule has 2 aromatic carbocycles. The zero-order valence-electron chi connectivity index (χ0n) is 19.4. The summed E-state index contributed by atoms with van der Waals surface area (Å²) in [6, 6.07) is 17.9. The van der Waals surface area contributed by atoms with Gasteiger partial charge in [0.1, 0.15) is 25.3 Å². The second-order valence-electron chi connectivity index (χ2n) is 8.51. The number of piperazine rings is 1. The van der Waals surface area contributed by atoms with Gasteiger partial charge in [0.2, 0.25) is 0 Å². The van der Waals surface area contributed by atoms with Crippen LogP contribution in [-0.4, -0.2) is 34.0 Å². The molecular formula is C26H34N2O4. The highest BCUT2D eigenvalue weighted by Crippen LogP contribution is 2.31. The number of hydroxylamine groups is 4. The predicted molar refractivity (Wildman–Crippen MR) is 123 cm³/mol. The van der Waals surface area contributed by atoms with Gasteiger partial charge in [0.05, 0.1) is 0 Å². The van der Waals surface area contributed by atoms with E-state index < -0.39 is 12.1 Å². The van der Waals surface area contributed by atoms with Gasteiger partial charge in [-0.05, 0) is 23.0 Å². The number of carbonyl (C=O) groups is 2. The minimum atomic E-state index is -0.729. The Labute approximate surface area is 191 Å². The summed E-state index contributed by atoms with van der Waals surface area (Å²) in [5, 5.41) is 2.64. The fourth-order valence-electron chi connectivity index (χ4n) is 3.86. The van der Waals surface area contributed by atoms with E-state index in [1.54, 1.807) is 0 Å². The molecule has 2 unspecified atom stereocenters. The largest absolute Gasteiger partial charge is 0.272 e. The summed E-state index contributed by atoms with van der Waals surface area (Å²) in [5.41, 5.74) is 1.89. The lowest BCUT2D eigenvalue weighted by atomic mass is 9.90. The standard InChI is InChI=1S/C26H34N2O4/c1-5-19(3)23-25(29)28(32-18-22-15-11-8-12-16-22)24(20(4)6-2)26(30)27(23)31-17-21-13-9-7-10-14-21/h7-16,19-20,23-24H,5-6,17-18H2,1-4H3/t19-,20-,23?,24?/m0/s1. The molecule has 1 saturated heterocycles. The van der Waals surface area contributed by atoms with Crippen LogP contribution in [0.3, 0.4) is 0 Å². The Balaban J connectivity index is 1.87. The molecule has 0 spiro atoms. The minimum Gasteiger partial charge on any atom is -0.270 e. The van der Waals surface area contributed by atoms with Crippen LogP contribution in [-0.2, 0) is 32.5 Å². The molecule has 3 rings (SSSR count). The molecule has 0 saturated carbocycles. The van der Waals surface area contributed by atoms with E-state index in [1.807, 2.05) is 88.4 Å². The van der Waals surface area contributed by atoms with E-state index in [1.165, 1.54) is 10.1 Å². The smallest absolute Gasteiger partial charge is 0.270 e. The maximum atomic E-state index is 13.7. The van der Waals surface area contributed by atoms with E-state index in [9.17, 15) is 9.59 Å². The number of hydrogen-bond acceptors (Lipinski definition) is 4. The average Bonchev–Trinajstić information content (AvgIpc) is 2.83. The van der Waals surface area contributed by atoms with Crippen molar-refractivity contribution in [3.63, 3.8) is 0 Å². The van der Waals surface area contributed by atoms with Gasteiger partial charge >= 0.3 is 0 Å². The van der Waals surface area contributed by atoms with Crippen molar-refractivity contribution in [1.82, 2.24) is 10.1 Å². The quantitative estimate of drug-likeness (QED) is 0.537. The van der Waals surface area contributed by atoms with Crippen LogP contribution >= 0.6 is 0 Å². The van der Waals surface area contributed by atoms with Crippen LogP contribution in [0.2, 0.25) is 0 Å². The van der Waals surface area contributed by atoms with Gasteiger partial charge in [0, 0.05) is 0 Å². The zero-order chi connectivity index (χ0) is 23.1. The molecule has 1 heterocycles. The maximum Gasteiger partial charge on any atom is 0.272 e. The lowest BCUT2D eigenvalue weighted by Gasteiger charge is -2.46. The number of benzene rings is 2. The molecule has 0 radical (unpaired) electrons. The van der Waals surface area contributed by atoms with Gasteiger partial charge in [-0.1, -0.05) is 101 Å². The molecule has 6 heteroatoms. The maximum absolute atomic E-state index is 13.7. The van der Waals surface area contributed by atoms with Gasteiger partial charge < -0.3 is 0 Å². The van der Waals surface area contributed by atoms with Crippen molar-refractivity contribution in [3.8, 4) is 0 Å². The number of rotatable bonds is 10. The second kappa shape index (κ2) is 11.2. The zero-order valence-corrected chi connectivity index (χ0v) is 19.4. The third kappa shape index (κ3) is 5.37. The van der Waals surface area contributed by atoms with Crippen molar-refractivity contribution in [1.29, 1.82) is 0 Å². The molecule has 0 bridgehead atoms. The highest BCUT2D eigenvalue weighted by molar-refractivity contribution is 5.96. The monoisotopic (exact) mass is 438 g/mol. The van der Waals surface area contributed by atoms with Gasteiger partial charge in [-0.2, -0.15) is 0 Å². The summed E-state index contributed by atoms with van der Waals surface area (Å²) in [4.78, 5) is 39.4. The molecule has 172 valence electrons. The van der Waals surface area contributed by atoms with E-state index in [4.69, 9.17) is 9.68 Å². The molecular weight excluding hydrogens is 404 g/mol. The molecule has 2 aromatic rings. The third-order valence-corrected chi connectivity index (χ3v) is 6.24.